The van der Waals surface area contributed by atoms with Crippen molar-refractivity contribution in [1.82, 2.24) is 4.90 Å². The molecule has 1 saturated heterocycles. The molecule has 2 rings (SSSR count). The molecule has 6 heteroatoms. The lowest BCUT2D eigenvalue weighted by Crippen LogP contribution is -2.32. The minimum atomic E-state index is -0.429. The molecule has 0 radical (unpaired) electrons. The van der Waals surface area contributed by atoms with Crippen molar-refractivity contribution in [3.63, 3.8) is 0 Å². The van der Waals surface area contributed by atoms with Gasteiger partial charge in [-0.1, -0.05) is 0 Å². The number of nitrogens with zero attached hydrogens (tertiary/aromatic N) is 2. The van der Waals surface area contributed by atoms with Crippen LogP contribution in [0.4, 0.5) is 16.2 Å². The van der Waals surface area contributed by atoms with E-state index in [1.165, 1.54) is 6.07 Å². The van der Waals surface area contributed by atoms with Crippen molar-refractivity contribution in [3.8, 4) is 0 Å². The van der Waals surface area contributed by atoms with Gasteiger partial charge in [-0.3, -0.25) is 10.1 Å². The van der Waals surface area contributed by atoms with Crippen LogP contribution in [-0.4, -0.2) is 28.9 Å². The van der Waals surface area contributed by atoms with Crippen LogP contribution in [0.2, 0.25) is 0 Å². The number of aryl methyl sites for hydroxylation is 1. The van der Waals surface area contributed by atoms with Gasteiger partial charge < -0.3 is 10.2 Å². The predicted octanol–water partition coefficient (Wildman–Crippen LogP) is 2.53. The number of anilines is 1. The summed E-state index contributed by atoms with van der Waals surface area (Å²) in [5, 5.41) is 13.4. The summed E-state index contributed by atoms with van der Waals surface area (Å²) in [6.45, 7) is 3.21. The van der Waals surface area contributed by atoms with E-state index in [0.29, 0.717) is 11.3 Å². The van der Waals surface area contributed by atoms with Crippen LogP contribution in [0.3, 0.4) is 0 Å². The quantitative estimate of drug-likeness (QED) is 0.646. The van der Waals surface area contributed by atoms with Crippen molar-refractivity contribution in [2.75, 3.05) is 18.4 Å². The van der Waals surface area contributed by atoms with Crippen LogP contribution in [0, 0.1) is 17.0 Å². The molecule has 0 aromatic heterocycles. The Morgan fingerprint density at radius 3 is 2.61 bits per heavy atom. The molecule has 0 atom stereocenters. The molecule has 1 aromatic rings. The number of nitrogens with one attached hydrogen (secondary N) is 1. The molecule has 1 aliphatic rings. The van der Waals surface area contributed by atoms with E-state index in [9.17, 15) is 14.9 Å². The summed E-state index contributed by atoms with van der Waals surface area (Å²) in [6.07, 6.45) is 2.07. The summed E-state index contributed by atoms with van der Waals surface area (Å²) in [4.78, 5) is 23.8. The maximum atomic E-state index is 11.8. The highest BCUT2D eigenvalue weighted by molar-refractivity contribution is 5.89. The minimum Gasteiger partial charge on any atom is -0.325 e. The van der Waals surface area contributed by atoms with Crippen LogP contribution in [0.15, 0.2) is 18.2 Å². The number of carbonyl (C=O) groups is 1. The van der Waals surface area contributed by atoms with Gasteiger partial charge in [-0.25, -0.2) is 4.79 Å². The summed E-state index contributed by atoms with van der Waals surface area (Å²) < 4.78 is 0. The second kappa shape index (κ2) is 5.03. The lowest BCUT2D eigenvalue weighted by molar-refractivity contribution is -0.385. The summed E-state index contributed by atoms with van der Waals surface area (Å²) in [5.74, 6) is 0. The Labute approximate surface area is 105 Å². The number of hydrogen-bond donors (Lipinski definition) is 1. The topological polar surface area (TPSA) is 75.5 Å². The first-order valence-corrected chi connectivity index (χ1v) is 5.89. The van der Waals surface area contributed by atoms with Gasteiger partial charge in [-0.2, -0.15) is 0 Å². The Kier molecular flexibility index (Phi) is 3.45. The number of rotatable bonds is 2. The molecular formula is C12H15N3O3. The zero-order chi connectivity index (χ0) is 13.1. The normalized spacial score (nSPS) is 14.6. The van der Waals surface area contributed by atoms with Gasteiger partial charge >= 0.3 is 6.03 Å². The van der Waals surface area contributed by atoms with Crippen molar-refractivity contribution in [2.24, 2.45) is 0 Å². The van der Waals surface area contributed by atoms with E-state index in [1.807, 2.05) is 0 Å². The van der Waals surface area contributed by atoms with Gasteiger partial charge in [0.1, 0.15) is 0 Å². The monoisotopic (exact) mass is 249 g/mol. The van der Waals surface area contributed by atoms with Gasteiger partial charge in [0.05, 0.1) is 4.92 Å². The van der Waals surface area contributed by atoms with Crippen molar-refractivity contribution >= 4 is 17.4 Å². The molecule has 0 bridgehead atoms. The first-order chi connectivity index (χ1) is 8.58. The Hall–Kier alpha value is -2.11. The molecule has 1 N–H and O–H groups in total. The molecule has 6 nitrogen and oxygen atoms in total. The van der Waals surface area contributed by atoms with Gasteiger partial charge in [-0.15, -0.1) is 0 Å². The third-order valence-corrected chi connectivity index (χ3v) is 3.04. The SMILES string of the molecule is Cc1cc(NC(=O)N2CCCC2)ccc1[N+](=O)[O-]. The summed E-state index contributed by atoms with van der Waals surface area (Å²) >= 11 is 0. The van der Waals surface area contributed by atoms with Crippen LogP contribution in [0.1, 0.15) is 18.4 Å². The van der Waals surface area contributed by atoms with Gasteiger partial charge in [0.15, 0.2) is 0 Å². The smallest absolute Gasteiger partial charge is 0.321 e. The lowest BCUT2D eigenvalue weighted by Gasteiger charge is -2.16. The first-order valence-electron chi connectivity index (χ1n) is 5.89. The molecule has 96 valence electrons. The predicted molar refractivity (Wildman–Crippen MR) is 67.7 cm³/mol. The molecule has 18 heavy (non-hydrogen) atoms. The molecule has 1 fully saturated rings. The van der Waals surface area contributed by atoms with Gasteiger partial charge in [-0.05, 0) is 31.9 Å². The Bertz CT molecular complexity index is 481. The largest absolute Gasteiger partial charge is 0.325 e. The zero-order valence-electron chi connectivity index (χ0n) is 10.2. The maximum absolute atomic E-state index is 11.8. The standard InChI is InChI=1S/C12H15N3O3/c1-9-8-10(4-5-11(9)15(17)18)13-12(16)14-6-2-3-7-14/h4-5,8H,2-3,6-7H2,1H3,(H,13,16). The van der Waals surface area contributed by atoms with Crippen molar-refractivity contribution in [3.05, 3.63) is 33.9 Å². The van der Waals surface area contributed by atoms with E-state index in [-0.39, 0.29) is 11.7 Å². The Balaban J connectivity index is 2.07. The fraction of sp³-hybridized carbons (Fsp3) is 0.417. The van der Waals surface area contributed by atoms with Crippen LogP contribution >= 0.6 is 0 Å². The molecular weight excluding hydrogens is 234 g/mol. The van der Waals surface area contributed by atoms with Crippen molar-refractivity contribution in [1.29, 1.82) is 0 Å². The average molecular weight is 249 g/mol. The number of carbonyl (C=O) groups excluding carboxylic acids is 1. The fourth-order valence-corrected chi connectivity index (χ4v) is 2.06. The van der Waals surface area contributed by atoms with Gasteiger partial charge in [0, 0.05) is 30.4 Å². The molecule has 0 unspecified atom stereocenters. The molecule has 0 aliphatic carbocycles. The molecule has 2 amide bonds. The number of nitro benzene ring substituents is 1. The van der Waals surface area contributed by atoms with E-state index in [0.717, 1.165) is 25.9 Å². The highest BCUT2D eigenvalue weighted by Crippen LogP contribution is 2.22. The van der Waals surface area contributed by atoms with E-state index in [4.69, 9.17) is 0 Å². The number of urea groups is 1. The van der Waals surface area contributed by atoms with Crippen molar-refractivity contribution < 1.29 is 9.72 Å². The van der Waals surface area contributed by atoms with E-state index < -0.39 is 4.92 Å². The van der Waals surface area contributed by atoms with Gasteiger partial charge in [0.25, 0.3) is 5.69 Å². The lowest BCUT2D eigenvalue weighted by atomic mass is 10.2. The van der Waals surface area contributed by atoms with Crippen LogP contribution in [0.5, 0.6) is 0 Å². The van der Waals surface area contributed by atoms with Crippen LogP contribution in [-0.2, 0) is 0 Å². The van der Waals surface area contributed by atoms with E-state index >= 15 is 0 Å². The molecule has 0 spiro atoms. The third kappa shape index (κ3) is 2.58. The fourth-order valence-electron chi connectivity index (χ4n) is 2.06. The summed E-state index contributed by atoms with van der Waals surface area (Å²) in [5.41, 5.74) is 1.20. The first kappa shape index (κ1) is 12.3. The summed E-state index contributed by atoms with van der Waals surface area (Å²) in [7, 11) is 0. The second-order valence-corrected chi connectivity index (χ2v) is 4.38. The molecule has 1 aliphatic heterocycles. The second-order valence-electron chi connectivity index (χ2n) is 4.38. The van der Waals surface area contributed by atoms with Crippen LogP contribution < -0.4 is 5.32 Å². The summed E-state index contributed by atoms with van der Waals surface area (Å²) in [6, 6.07) is 4.45. The zero-order valence-corrected chi connectivity index (χ0v) is 10.2. The Morgan fingerprint density at radius 1 is 1.39 bits per heavy atom. The highest BCUT2D eigenvalue weighted by Gasteiger charge is 2.18. The highest BCUT2D eigenvalue weighted by atomic mass is 16.6. The van der Waals surface area contributed by atoms with Gasteiger partial charge in [0.2, 0.25) is 0 Å². The van der Waals surface area contributed by atoms with E-state index in [1.54, 1.807) is 24.0 Å². The van der Waals surface area contributed by atoms with Crippen molar-refractivity contribution in [2.45, 2.75) is 19.8 Å². The third-order valence-electron chi connectivity index (χ3n) is 3.04. The number of likely N-dealkylation sites (tertiary alicyclic amines) is 1. The minimum absolute atomic E-state index is 0.0640. The number of amides is 2. The maximum Gasteiger partial charge on any atom is 0.321 e. The van der Waals surface area contributed by atoms with Crippen LogP contribution in [0.25, 0.3) is 0 Å². The molecule has 0 saturated carbocycles. The molecule has 1 aromatic carbocycles. The molecule has 1 heterocycles. The Morgan fingerprint density at radius 2 is 2.06 bits per heavy atom. The van der Waals surface area contributed by atoms with E-state index in [2.05, 4.69) is 5.32 Å². The number of benzene rings is 1. The number of nitro groups is 1. The number of hydrogen-bond acceptors (Lipinski definition) is 3. The average Bonchev–Trinajstić information content (AvgIpc) is 2.81.